The van der Waals surface area contributed by atoms with Crippen molar-refractivity contribution in [1.29, 1.82) is 0 Å². The lowest BCUT2D eigenvalue weighted by atomic mass is 10.1. The molecule has 98 valence electrons. The molecule has 1 aliphatic rings. The SMILES string of the molecule is CC1CCC(NCc2ccccc2/C(N)=N/O)C1. The maximum absolute atomic E-state index is 8.77. The van der Waals surface area contributed by atoms with Crippen LogP contribution in [0.4, 0.5) is 0 Å². The molecule has 4 heteroatoms. The zero-order valence-corrected chi connectivity index (χ0v) is 10.8. The minimum Gasteiger partial charge on any atom is -0.409 e. The van der Waals surface area contributed by atoms with Gasteiger partial charge in [0.1, 0.15) is 0 Å². The summed E-state index contributed by atoms with van der Waals surface area (Å²) in [6, 6.07) is 8.36. The van der Waals surface area contributed by atoms with E-state index in [-0.39, 0.29) is 5.84 Å². The van der Waals surface area contributed by atoms with Crippen molar-refractivity contribution in [3.05, 3.63) is 35.4 Å². The lowest BCUT2D eigenvalue weighted by Crippen LogP contribution is -2.27. The molecule has 0 bridgehead atoms. The van der Waals surface area contributed by atoms with E-state index in [1.807, 2.05) is 24.3 Å². The molecular weight excluding hydrogens is 226 g/mol. The van der Waals surface area contributed by atoms with E-state index in [1.165, 1.54) is 19.3 Å². The molecule has 1 aliphatic carbocycles. The van der Waals surface area contributed by atoms with Gasteiger partial charge in [0, 0.05) is 18.2 Å². The summed E-state index contributed by atoms with van der Waals surface area (Å²) in [4.78, 5) is 0. The van der Waals surface area contributed by atoms with E-state index in [1.54, 1.807) is 0 Å². The molecule has 0 saturated heterocycles. The molecule has 2 rings (SSSR count). The fourth-order valence-corrected chi connectivity index (χ4v) is 2.63. The van der Waals surface area contributed by atoms with Gasteiger partial charge in [-0.3, -0.25) is 0 Å². The highest BCUT2D eigenvalue weighted by molar-refractivity contribution is 5.98. The van der Waals surface area contributed by atoms with Crippen LogP contribution in [0.5, 0.6) is 0 Å². The van der Waals surface area contributed by atoms with E-state index in [0.29, 0.717) is 6.04 Å². The van der Waals surface area contributed by atoms with E-state index in [4.69, 9.17) is 10.9 Å². The zero-order valence-electron chi connectivity index (χ0n) is 10.8. The van der Waals surface area contributed by atoms with Crippen LogP contribution in [0.1, 0.15) is 37.3 Å². The molecule has 1 aromatic rings. The monoisotopic (exact) mass is 247 g/mol. The van der Waals surface area contributed by atoms with Crippen LogP contribution < -0.4 is 11.1 Å². The number of nitrogens with two attached hydrogens (primary N) is 1. The van der Waals surface area contributed by atoms with Gasteiger partial charge in [-0.25, -0.2) is 0 Å². The maximum Gasteiger partial charge on any atom is 0.170 e. The summed E-state index contributed by atoms with van der Waals surface area (Å²) in [5.41, 5.74) is 7.55. The van der Waals surface area contributed by atoms with Crippen LogP contribution in [0, 0.1) is 5.92 Å². The molecule has 2 unspecified atom stereocenters. The van der Waals surface area contributed by atoms with Crippen molar-refractivity contribution in [3.63, 3.8) is 0 Å². The third kappa shape index (κ3) is 3.01. The molecule has 4 nitrogen and oxygen atoms in total. The fourth-order valence-electron chi connectivity index (χ4n) is 2.63. The lowest BCUT2D eigenvalue weighted by Gasteiger charge is -2.14. The minimum absolute atomic E-state index is 0.173. The van der Waals surface area contributed by atoms with E-state index in [0.717, 1.165) is 23.6 Å². The first-order valence-electron chi connectivity index (χ1n) is 6.50. The second-order valence-corrected chi connectivity index (χ2v) is 5.14. The van der Waals surface area contributed by atoms with Crippen LogP contribution in [0.2, 0.25) is 0 Å². The summed E-state index contributed by atoms with van der Waals surface area (Å²) >= 11 is 0. The molecule has 1 fully saturated rings. The van der Waals surface area contributed by atoms with Crippen molar-refractivity contribution in [3.8, 4) is 0 Å². The molecule has 4 N–H and O–H groups in total. The average Bonchev–Trinajstić information content (AvgIpc) is 2.81. The summed E-state index contributed by atoms with van der Waals surface area (Å²) < 4.78 is 0. The van der Waals surface area contributed by atoms with Crippen LogP contribution in [-0.2, 0) is 6.54 Å². The Kier molecular flexibility index (Phi) is 4.20. The molecular formula is C14H21N3O. The topological polar surface area (TPSA) is 70.6 Å². The Morgan fingerprint density at radius 3 is 2.89 bits per heavy atom. The van der Waals surface area contributed by atoms with Gasteiger partial charge < -0.3 is 16.3 Å². The molecule has 0 radical (unpaired) electrons. The lowest BCUT2D eigenvalue weighted by molar-refractivity contribution is 0.318. The average molecular weight is 247 g/mol. The molecule has 1 aromatic carbocycles. The standard InChI is InChI=1S/C14H21N3O/c1-10-6-7-12(8-10)16-9-11-4-2-3-5-13(11)14(15)17-18/h2-5,10,12,16,18H,6-9H2,1H3,(H2,15,17). The van der Waals surface area contributed by atoms with E-state index in [9.17, 15) is 0 Å². The van der Waals surface area contributed by atoms with Crippen molar-refractivity contribution < 1.29 is 5.21 Å². The Morgan fingerprint density at radius 2 is 2.22 bits per heavy atom. The fraction of sp³-hybridized carbons (Fsp3) is 0.500. The first-order valence-corrected chi connectivity index (χ1v) is 6.50. The Labute approximate surface area is 108 Å². The van der Waals surface area contributed by atoms with Gasteiger partial charge in [-0.15, -0.1) is 0 Å². The molecule has 0 amide bonds. The van der Waals surface area contributed by atoms with E-state index < -0.39 is 0 Å². The predicted molar refractivity (Wildman–Crippen MR) is 72.6 cm³/mol. The van der Waals surface area contributed by atoms with Crippen molar-refractivity contribution in [2.45, 2.75) is 38.8 Å². The highest BCUT2D eigenvalue weighted by Gasteiger charge is 2.20. The summed E-state index contributed by atoms with van der Waals surface area (Å²) in [5, 5.41) is 15.4. The van der Waals surface area contributed by atoms with Gasteiger partial charge in [0.25, 0.3) is 0 Å². The smallest absolute Gasteiger partial charge is 0.170 e. The first-order chi connectivity index (χ1) is 8.70. The van der Waals surface area contributed by atoms with E-state index in [2.05, 4.69) is 17.4 Å². The van der Waals surface area contributed by atoms with Crippen molar-refractivity contribution in [2.24, 2.45) is 16.8 Å². The van der Waals surface area contributed by atoms with Crippen LogP contribution in [0.25, 0.3) is 0 Å². The molecule has 0 spiro atoms. The Bertz CT molecular complexity index is 431. The summed E-state index contributed by atoms with van der Waals surface area (Å²) in [6.07, 6.45) is 3.79. The molecule has 2 atom stereocenters. The number of benzene rings is 1. The zero-order chi connectivity index (χ0) is 13.0. The Balaban J connectivity index is 2.01. The molecule has 0 aliphatic heterocycles. The van der Waals surface area contributed by atoms with Crippen LogP contribution in [-0.4, -0.2) is 17.1 Å². The number of hydrogen-bond acceptors (Lipinski definition) is 3. The van der Waals surface area contributed by atoms with Gasteiger partial charge >= 0.3 is 0 Å². The second kappa shape index (κ2) is 5.87. The highest BCUT2D eigenvalue weighted by Crippen LogP contribution is 2.25. The number of nitrogens with zero attached hydrogens (tertiary/aromatic N) is 1. The highest BCUT2D eigenvalue weighted by atomic mass is 16.4. The number of hydrogen-bond donors (Lipinski definition) is 3. The third-order valence-electron chi connectivity index (χ3n) is 3.68. The van der Waals surface area contributed by atoms with Crippen molar-refractivity contribution >= 4 is 5.84 Å². The normalized spacial score (nSPS) is 24.4. The van der Waals surface area contributed by atoms with Gasteiger partial charge in [-0.2, -0.15) is 0 Å². The number of oxime groups is 1. The third-order valence-corrected chi connectivity index (χ3v) is 3.68. The Hall–Kier alpha value is -1.55. The second-order valence-electron chi connectivity index (χ2n) is 5.14. The molecule has 18 heavy (non-hydrogen) atoms. The number of nitrogens with one attached hydrogen (secondary N) is 1. The molecule has 0 aromatic heterocycles. The Morgan fingerprint density at radius 1 is 1.44 bits per heavy atom. The maximum atomic E-state index is 8.77. The van der Waals surface area contributed by atoms with Crippen molar-refractivity contribution in [1.82, 2.24) is 5.32 Å². The molecule has 1 saturated carbocycles. The van der Waals surface area contributed by atoms with Crippen molar-refractivity contribution in [2.75, 3.05) is 0 Å². The minimum atomic E-state index is 0.173. The largest absolute Gasteiger partial charge is 0.409 e. The molecule has 0 heterocycles. The first kappa shape index (κ1) is 12.9. The van der Waals surface area contributed by atoms with Gasteiger partial charge in [0.2, 0.25) is 0 Å². The number of rotatable bonds is 4. The van der Waals surface area contributed by atoms with Crippen LogP contribution in [0.3, 0.4) is 0 Å². The summed E-state index contributed by atoms with van der Waals surface area (Å²) in [5.74, 6) is 0.994. The quantitative estimate of drug-likeness (QED) is 0.330. The van der Waals surface area contributed by atoms with E-state index >= 15 is 0 Å². The van der Waals surface area contributed by atoms with Gasteiger partial charge in [-0.05, 0) is 30.7 Å². The van der Waals surface area contributed by atoms with Gasteiger partial charge in [0.05, 0.1) is 0 Å². The summed E-state index contributed by atoms with van der Waals surface area (Å²) in [7, 11) is 0. The summed E-state index contributed by atoms with van der Waals surface area (Å²) in [6.45, 7) is 3.07. The van der Waals surface area contributed by atoms with Crippen LogP contribution in [0.15, 0.2) is 29.4 Å². The van der Waals surface area contributed by atoms with Gasteiger partial charge in [-0.1, -0.05) is 36.3 Å². The van der Waals surface area contributed by atoms with Gasteiger partial charge in [0.15, 0.2) is 5.84 Å². The predicted octanol–water partition coefficient (Wildman–Crippen LogP) is 2.06. The van der Waals surface area contributed by atoms with Crippen LogP contribution >= 0.6 is 0 Å². The number of amidine groups is 1.